The quantitative estimate of drug-likeness (QED) is 0.401. The van der Waals surface area contributed by atoms with E-state index in [2.05, 4.69) is 5.32 Å². The van der Waals surface area contributed by atoms with Crippen LogP contribution in [0.3, 0.4) is 0 Å². The number of nitro groups is 1. The molecule has 1 saturated heterocycles. The summed E-state index contributed by atoms with van der Waals surface area (Å²) >= 11 is 0. The number of alkyl halides is 3. The third-order valence-corrected chi connectivity index (χ3v) is 4.20. The summed E-state index contributed by atoms with van der Waals surface area (Å²) in [4.78, 5) is 33.8. The number of benzene rings is 1. The van der Waals surface area contributed by atoms with Gasteiger partial charge in [-0.25, -0.2) is 9.80 Å². The van der Waals surface area contributed by atoms with E-state index in [1.807, 2.05) is 5.43 Å². The number of piperidine rings is 1. The van der Waals surface area contributed by atoms with E-state index in [1.165, 1.54) is 0 Å². The number of rotatable bonds is 5. The number of carboxylic acid groups (broad SMARTS) is 1. The maximum Gasteiger partial charge on any atom is 0.419 e. The molecule has 12 heteroatoms. The number of nitrogens with one attached hydrogen (secondary N) is 2. The standard InChI is InChI=1S/C15H17F3N4O5/c1-19-12-9(15(16,17)18)6-8(7-11(12)22(26)27)13(23)10-4-2-3-5-21(10)20-14(24)25/h6-7,10,19-20H,2-5H2,1H3,(H,24,25). The fraction of sp³-hybridized carbons (Fsp3) is 0.467. The molecule has 0 bridgehead atoms. The van der Waals surface area contributed by atoms with Crippen molar-refractivity contribution >= 4 is 23.3 Å². The Labute approximate surface area is 151 Å². The van der Waals surface area contributed by atoms with Gasteiger partial charge in [-0.05, 0) is 18.9 Å². The lowest BCUT2D eigenvalue weighted by Gasteiger charge is -2.33. The molecular weight excluding hydrogens is 373 g/mol. The number of carbonyl (C=O) groups is 2. The first kappa shape index (κ1) is 20.4. The summed E-state index contributed by atoms with van der Waals surface area (Å²) in [6, 6.07) is 0.280. The van der Waals surface area contributed by atoms with Crippen LogP contribution >= 0.6 is 0 Å². The van der Waals surface area contributed by atoms with Crippen LogP contribution in [0.1, 0.15) is 35.2 Å². The molecule has 27 heavy (non-hydrogen) atoms. The molecule has 0 radical (unpaired) electrons. The fourth-order valence-corrected chi connectivity index (χ4v) is 3.05. The zero-order valence-electron chi connectivity index (χ0n) is 14.2. The van der Waals surface area contributed by atoms with E-state index >= 15 is 0 Å². The van der Waals surface area contributed by atoms with Gasteiger partial charge in [0.15, 0.2) is 5.78 Å². The first-order valence-electron chi connectivity index (χ1n) is 7.94. The summed E-state index contributed by atoms with van der Waals surface area (Å²) in [5.74, 6) is -0.820. The van der Waals surface area contributed by atoms with E-state index in [4.69, 9.17) is 5.11 Å². The van der Waals surface area contributed by atoms with Gasteiger partial charge in [0, 0.05) is 25.2 Å². The lowest BCUT2D eigenvalue weighted by Crippen LogP contribution is -2.53. The second-order valence-corrected chi connectivity index (χ2v) is 5.91. The van der Waals surface area contributed by atoms with Crippen molar-refractivity contribution in [2.75, 3.05) is 18.9 Å². The van der Waals surface area contributed by atoms with Crippen molar-refractivity contribution < 1.29 is 32.8 Å². The molecule has 0 aromatic heterocycles. The zero-order valence-corrected chi connectivity index (χ0v) is 14.2. The van der Waals surface area contributed by atoms with E-state index in [9.17, 15) is 32.9 Å². The summed E-state index contributed by atoms with van der Waals surface area (Å²) in [7, 11) is 1.11. The van der Waals surface area contributed by atoms with Crippen molar-refractivity contribution in [1.82, 2.24) is 10.4 Å². The average molecular weight is 390 g/mol. The number of amides is 1. The van der Waals surface area contributed by atoms with E-state index in [-0.39, 0.29) is 13.0 Å². The Hall–Kier alpha value is -2.89. The SMILES string of the molecule is CNc1c([N+](=O)[O-])cc(C(=O)C2CCCCN2NC(=O)O)cc1C(F)(F)F. The number of Topliss-reactive ketones (excluding diaryl/α,β-unsaturated/α-hetero) is 1. The highest BCUT2D eigenvalue weighted by atomic mass is 19.4. The summed E-state index contributed by atoms with van der Waals surface area (Å²) in [6.45, 7) is 0.200. The van der Waals surface area contributed by atoms with E-state index < -0.39 is 51.5 Å². The lowest BCUT2D eigenvalue weighted by atomic mass is 9.93. The number of nitro benzene ring substituents is 1. The average Bonchev–Trinajstić information content (AvgIpc) is 2.59. The molecule has 1 amide bonds. The monoisotopic (exact) mass is 390 g/mol. The third kappa shape index (κ3) is 4.45. The van der Waals surface area contributed by atoms with Crippen LogP contribution < -0.4 is 10.7 Å². The maximum absolute atomic E-state index is 13.3. The van der Waals surface area contributed by atoms with Crippen molar-refractivity contribution in [3.63, 3.8) is 0 Å². The van der Waals surface area contributed by atoms with Gasteiger partial charge in [0.2, 0.25) is 0 Å². The van der Waals surface area contributed by atoms with Crippen molar-refractivity contribution in [3.05, 3.63) is 33.4 Å². The van der Waals surface area contributed by atoms with Gasteiger partial charge < -0.3 is 10.4 Å². The summed E-state index contributed by atoms with van der Waals surface area (Å²) in [6.07, 6.45) is -4.97. The minimum Gasteiger partial charge on any atom is -0.464 e. The number of halogens is 3. The molecule has 2 rings (SSSR count). The second kappa shape index (κ2) is 7.78. The van der Waals surface area contributed by atoms with Crippen LogP contribution in [0.15, 0.2) is 12.1 Å². The van der Waals surface area contributed by atoms with Gasteiger partial charge in [-0.1, -0.05) is 6.42 Å². The molecule has 9 nitrogen and oxygen atoms in total. The van der Waals surface area contributed by atoms with Crippen molar-refractivity contribution in [3.8, 4) is 0 Å². The van der Waals surface area contributed by atoms with E-state index in [0.29, 0.717) is 18.9 Å². The highest BCUT2D eigenvalue weighted by molar-refractivity contribution is 6.01. The summed E-state index contributed by atoms with van der Waals surface area (Å²) in [5.41, 5.74) is -1.42. The van der Waals surface area contributed by atoms with Crippen molar-refractivity contribution in [2.45, 2.75) is 31.5 Å². The first-order valence-corrected chi connectivity index (χ1v) is 7.94. The highest BCUT2D eigenvalue weighted by Crippen LogP contribution is 2.41. The highest BCUT2D eigenvalue weighted by Gasteiger charge is 2.39. The summed E-state index contributed by atoms with van der Waals surface area (Å²) in [5, 5.41) is 23.4. The number of carbonyl (C=O) groups excluding carboxylic acids is 1. The molecule has 1 aliphatic heterocycles. The Morgan fingerprint density at radius 3 is 2.52 bits per heavy atom. The Balaban J connectivity index is 2.53. The molecule has 1 unspecified atom stereocenters. The molecule has 148 valence electrons. The van der Waals surface area contributed by atoms with Gasteiger partial charge >= 0.3 is 12.3 Å². The lowest BCUT2D eigenvalue weighted by molar-refractivity contribution is -0.384. The normalized spacial score (nSPS) is 18.0. The van der Waals surface area contributed by atoms with Crippen molar-refractivity contribution in [1.29, 1.82) is 0 Å². The number of nitrogens with zero attached hydrogens (tertiary/aromatic N) is 2. The number of anilines is 1. The number of ketones is 1. The van der Waals surface area contributed by atoms with Gasteiger partial charge in [-0.3, -0.25) is 20.3 Å². The molecule has 3 N–H and O–H groups in total. The molecule has 0 aliphatic carbocycles. The molecule has 1 aliphatic rings. The van der Waals surface area contributed by atoms with Gasteiger partial charge in [0.25, 0.3) is 5.69 Å². The second-order valence-electron chi connectivity index (χ2n) is 5.91. The Morgan fingerprint density at radius 1 is 1.33 bits per heavy atom. The number of hydrazine groups is 1. The maximum atomic E-state index is 13.3. The zero-order chi connectivity index (χ0) is 20.4. The molecule has 0 saturated carbocycles. The van der Waals surface area contributed by atoms with Crippen LogP contribution in [0, 0.1) is 10.1 Å². The minimum atomic E-state index is -4.93. The smallest absolute Gasteiger partial charge is 0.419 e. The number of hydrogen-bond donors (Lipinski definition) is 3. The molecule has 1 atom stereocenters. The molecule has 1 heterocycles. The first-order chi connectivity index (χ1) is 12.6. The van der Waals surface area contributed by atoms with Gasteiger partial charge in [-0.2, -0.15) is 13.2 Å². The molecule has 1 fully saturated rings. The third-order valence-electron chi connectivity index (χ3n) is 4.20. The molecular formula is C15H17F3N4O5. The van der Waals surface area contributed by atoms with Crippen molar-refractivity contribution in [2.24, 2.45) is 0 Å². The van der Waals surface area contributed by atoms with Crippen LogP contribution in [-0.2, 0) is 6.18 Å². The molecule has 1 aromatic rings. The van der Waals surface area contributed by atoms with Gasteiger partial charge in [-0.15, -0.1) is 0 Å². The van der Waals surface area contributed by atoms with Crippen LogP contribution in [-0.4, -0.2) is 46.5 Å². The van der Waals surface area contributed by atoms with Crippen LogP contribution in [0.25, 0.3) is 0 Å². The molecule has 0 spiro atoms. The van der Waals surface area contributed by atoms with Crippen LogP contribution in [0.2, 0.25) is 0 Å². The van der Waals surface area contributed by atoms with E-state index in [0.717, 1.165) is 18.1 Å². The Morgan fingerprint density at radius 2 is 2.00 bits per heavy atom. The summed E-state index contributed by atoms with van der Waals surface area (Å²) < 4.78 is 40.0. The van der Waals surface area contributed by atoms with Crippen LogP contribution in [0.4, 0.5) is 29.3 Å². The largest absolute Gasteiger partial charge is 0.464 e. The number of hydrogen-bond acceptors (Lipinski definition) is 6. The topological polar surface area (TPSA) is 125 Å². The molecule has 1 aromatic carbocycles. The van der Waals surface area contributed by atoms with Gasteiger partial charge in [0.05, 0.1) is 16.5 Å². The Kier molecular flexibility index (Phi) is 5.88. The predicted molar refractivity (Wildman–Crippen MR) is 87.5 cm³/mol. The predicted octanol–water partition coefficient (Wildman–Crippen LogP) is 2.88. The fourth-order valence-electron chi connectivity index (χ4n) is 3.05. The van der Waals surface area contributed by atoms with Gasteiger partial charge in [0.1, 0.15) is 5.69 Å². The van der Waals surface area contributed by atoms with E-state index in [1.54, 1.807) is 0 Å². The minimum absolute atomic E-state index is 0.200. The van der Waals surface area contributed by atoms with Crippen LogP contribution in [0.5, 0.6) is 0 Å². The Bertz CT molecular complexity index is 769.